The van der Waals surface area contributed by atoms with Crippen molar-refractivity contribution in [3.05, 3.63) is 4.88 Å². The van der Waals surface area contributed by atoms with Crippen molar-refractivity contribution in [1.82, 2.24) is 5.32 Å². The summed E-state index contributed by atoms with van der Waals surface area (Å²) in [4.78, 5) is 12.1. The fourth-order valence-corrected chi connectivity index (χ4v) is 2.67. The molecule has 0 saturated carbocycles. The summed E-state index contributed by atoms with van der Waals surface area (Å²) in [5, 5.41) is 6.49. The van der Waals surface area contributed by atoms with Crippen LogP contribution in [0.3, 0.4) is 0 Å². The van der Waals surface area contributed by atoms with E-state index in [4.69, 9.17) is 15.2 Å². The fourth-order valence-electron chi connectivity index (χ4n) is 1.52. The van der Waals surface area contributed by atoms with Gasteiger partial charge in [-0.15, -0.1) is 11.3 Å². The van der Waals surface area contributed by atoms with E-state index in [1.54, 1.807) is 14.2 Å². The summed E-state index contributed by atoms with van der Waals surface area (Å²) < 4.78 is 10.3. The Kier molecular flexibility index (Phi) is 5.24. The van der Waals surface area contributed by atoms with Gasteiger partial charge < -0.3 is 25.8 Å². The van der Waals surface area contributed by atoms with E-state index in [-0.39, 0.29) is 11.9 Å². The number of methoxy groups -OCH3 is 2. The molecule has 1 aromatic rings. The van der Waals surface area contributed by atoms with E-state index < -0.39 is 0 Å². The van der Waals surface area contributed by atoms with Crippen LogP contribution in [0, 0.1) is 0 Å². The van der Waals surface area contributed by atoms with E-state index in [0.29, 0.717) is 22.9 Å². The molecule has 0 aliphatic carbocycles. The number of thiophene rings is 1. The molecule has 0 saturated heterocycles. The van der Waals surface area contributed by atoms with Gasteiger partial charge in [-0.25, -0.2) is 0 Å². The minimum Gasteiger partial charge on any atom is -0.492 e. The van der Waals surface area contributed by atoms with Crippen LogP contribution in [0.2, 0.25) is 0 Å². The Bertz CT molecular complexity index is 420. The quantitative estimate of drug-likeness (QED) is 0.724. The average Bonchev–Trinajstić information content (AvgIpc) is 2.65. The lowest BCUT2D eigenvalue weighted by atomic mass is 10.3. The number of carbonyl (C=O) groups excluding carboxylic acids is 1. The molecule has 102 valence electrons. The molecule has 1 amide bonds. The number of nitrogen functional groups attached to an aromatic ring is 1. The highest BCUT2D eigenvalue weighted by atomic mass is 32.1. The first kappa shape index (κ1) is 14.6. The lowest BCUT2D eigenvalue weighted by Crippen LogP contribution is -2.20. The van der Waals surface area contributed by atoms with Crippen LogP contribution in [0.1, 0.15) is 16.6 Å². The van der Waals surface area contributed by atoms with Gasteiger partial charge in [0.1, 0.15) is 15.6 Å². The number of amides is 1. The molecule has 0 bridgehead atoms. The first-order valence-electron chi connectivity index (χ1n) is 5.48. The fraction of sp³-hybridized carbons (Fsp3) is 0.545. The third-order valence-electron chi connectivity index (χ3n) is 2.33. The van der Waals surface area contributed by atoms with Crippen LogP contribution in [0.4, 0.5) is 10.7 Å². The zero-order valence-electron chi connectivity index (χ0n) is 11.0. The second-order valence-corrected chi connectivity index (χ2v) is 4.81. The molecule has 0 radical (unpaired) electrons. The Hall–Kier alpha value is -1.47. The maximum atomic E-state index is 11.6. The number of ether oxygens (including phenoxy) is 2. The van der Waals surface area contributed by atoms with Gasteiger partial charge in [-0.05, 0) is 6.92 Å². The predicted octanol–water partition coefficient (Wildman–Crippen LogP) is 1.15. The van der Waals surface area contributed by atoms with Gasteiger partial charge in [0.2, 0.25) is 0 Å². The van der Waals surface area contributed by atoms with Gasteiger partial charge in [0.05, 0.1) is 13.7 Å². The van der Waals surface area contributed by atoms with Crippen molar-refractivity contribution in [1.29, 1.82) is 0 Å². The Morgan fingerprint density at radius 1 is 1.50 bits per heavy atom. The zero-order valence-corrected chi connectivity index (χ0v) is 11.8. The molecule has 0 aliphatic rings. The predicted molar refractivity (Wildman–Crippen MR) is 73.6 cm³/mol. The minimum atomic E-state index is -0.219. The molecule has 1 rings (SSSR count). The molecule has 0 aliphatic heterocycles. The minimum absolute atomic E-state index is 0.0967. The van der Waals surface area contributed by atoms with Crippen LogP contribution in [0.25, 0.3) is 0 Å². The number of hydrogen-bond acceptors (Lipinski definition) is 6. The molecule has 0 aromatic carbocycles. The van der Waals surface area contributed by atoms with Crippen molar-refractivity contribution >= 4 is 27.9 Å². The van der Waals surface area contributed by atoms with E-state index in [0.717, 1.165) is 5.00 Å². The summed E-state index contributed by atoms with van der Waals surface area (Å²) in [5.41, 5.74) is 6.25. The maximum Gasteiger partial charge on any atom is 0.263 e. The van der Waals surface area contributed by atoms with Crippen LogP contribution in [-0.2, 0) is 4.74 Å². The molecule has 4 N–H and O–H groups in total. The maximum absolute atomic E-state index is 11.6. The molecule has 18 heavy (non-hydrogen) atoms. The number of carbonyl (C=O) groups is 1. The summed E-state index contributed by atoms with van der Waals surface area (Å²) in [6.45, 7) is 2.52. The third-order valence-corrected chi connectivity index (χ3v) is 3.45. The van der Waals surface area contributed by atoms with Crippen LogP contribution in [0.15, 0.2) is 0 Å². The van der Waals surface area contributed by atoms with Crippen LogP contribution < -0.4 is 21.1 Å². The second kappa shape index (κ2) is 6.46. The molecule has 1 unspecified atom stereocenters. The smallest absolute Gasteiger partial charge is 0.263 e. The standard InChI is InChI=1S/C11H19N3O3S/c1-6(5-16-3)14-11-8(17-4)7(12)9(18-11)10(15)13-2/h6,14H,5,12H2,1-4H3,(H,13,15). The lowest BCUT2D eigenvalue weighted by Gasteiger charge is -2.13. The first-order valence-corrected chi connectivity index (χ1v) is 6.30. The first-order chi connectivity index (χ1) is 8.54. The monoisotopic (exact) mass is 273 g/mol. The molecular formula is C11H19N3O3S. The lowest BCUT2D eigenvalue weighted by molar-refractivity contribution is 0.0967. The summed E-state index contributed by atoms with van der Waals surface area (Å²) in [5.74, 6) is 0.282. The van der Waals surface area contributed by atoms with Gasteiger partial charge >= 0.3 is 0 Å². The highest BCUT2D eigenvalue weighted by molar-refractivity contribution is 7.19. The van der Waals surface area contributed by atoms with Crippen molar-refractivity contribution in [2.45, 2.75) is 13.0 Å². The van der Waals surface area contributed by atoms with Crippen molar-refractivity contribution in [3.8, 4) is 5.75 Å². The Morgan fingerprint density at radius 2 is 2.17 bits per heavy atom. The summed E-state index contributed by atoms with van der Waals surface area (Å²) in [6.07, 6.45) is 0. The van der Waals surface area contributed by atoms with Gasteiger partial charge in [-0.3, -0.25) is 4.79 Å². The Labute approximate surface area is 110 Å². The van der Waals surface area contributed by atoms with Gasteiger partial charge in [0, 0.05) is 20.2 Å². The van der Waals surface area contributed by atoms with Gasteiger partial charge in [-0.1, -0.05) is 0 Å². The number of anilines is 2. The molecule has 7 heteroatoms. The largest absolute Gasteiger partial charge is 0.492 e. The molecule has 1 aromatic heterocycles. The third kappa shape index (κ3) is 3.05. The van der Waals surface area contributed by atoms with E-state index in [2.05, 4.69) is 10.6 Å². The molecule has 0 spiro atoms. The summed E-state index contributed by atoms with van der Waals surface area (Å²) in [7, 11) is 4.72. The van der Waals surface area contributed by atoms with E-state index >= 15 is 0 Å². The molecular weight excluding hydrogens is 254 g/mol. The highest BCUT2D eigenvalue weighted by Crippen LogP contribution is 2.42. The Morgan fingerprint density at radius 3 is 2.67 bits per heavy atom. The molecule has 6 nitrogen and oxygen atoms in total. The second-order valence-electron chi connectivity index (χ2n) is 3.79. The van der Waals surface area contributed by atoms with Crippen LogP contribution in [0.5, 0.6) is 5.75 Å². The van der Waals surface area contributed by atoms with Crippen molar-refractivity contribution in [2.75, 3.05) is 38.9 Å². The zero-order chi connectivity index (χ0) is 13.7. The van der Waals surface area contributed by atoms with Gasteiger partial charge in [0.25, 0.3) is 5.91 Å². The van der Waals surface area contributed by atoms with Gasteiger partial charge in [-0.2, -0.15) is 0 Å². The van der Waals surface area contributed by atoms with E-state index in [1.165, 1.54) is 18.4 Å². The number of rotatable bonds is 6. The average molecular weight is 273 g/mol. The van der Waals surface area contributed by atoms with Crippen molar-refractivity contribution in [3.63, 3.8) is 0 Å². The van der Waals surface area contributed by atoms with Gasteiger partial charge in [0.15, 0.2) is 5.75 Å². The SMILES string of the molecule is CNC(=O)c1sc(NC(C)COC)c(OC)c1N. The number of hydrogen-bond donors (Lipinski definition) is 3. The molecule has 0 fully saturated rings. The van der Waals surface area contributed by atoms with Crippen LogP contribution >= 0.6 is 11.3 Å². The van der Waals surface area contributed by atoms with Crippen LogP contribution in [-0.4, -0.2) is 39.8 Å². The summed E-state index contributed by atoms with van der Waals surface area (Å²) in [6, 6.07) is 0.0967. The van der Waals surface area contributed by atoms with E-state index in [9.17, 15) is 4.79 Å². The summed E-state index contributed by atoms with van der Waals surface area (Å²) >= 11 is 1.27. The number of nitrogens with two attached hydrogens (primary N) is 1. The normalized spacial score (nSPS) is 12.0. The topological polar surface area (TPSA) is 85.6 Å². The van der Waals surface area contributed by atoms with E-state index in [1.807, 2.05) is 6.92 Å². The highest BCUT2D eigenvalue weighted by Gasteiger charge is 2.21. The van der Waals surface area contributed by atoms with Crippen molar-refractivity contribution in [2.24, 2.45) is 0 Å². The molecule has 1 atom stereocenters. The molecule has 1 heterocycles. The number of nitrogens with one attached hydrogen (secondary N) is 2. The van der Waals surface area contributed by atoms with Crippen molar-refractivity contribution < 1.29 is 14.3 Å². The Balaban J connectivity index is 3.00.